The topological polar surface area (TPSA) is 43.8 Å². The summed E-state index contributed by atoms with van der Waals surface area (Å²) in [6.45, 7) is 2.14. The predicted octanol–water partition coefficient (Wildman–Crippen LogP) is 2.03. The summed E-state index contributed by atoms with van der Waals surface area (Å²) >= 11 is 1.80. The number of aryl methyl sites for hydroxylation is 1. The third kappa shape index (κ3) is 3.72. The molecule has 0 aliphatic heterocycles. The summed E-state index contributed by atoms with van der Waals surface area (Å²) in [5.74, 6) is 1.11. The molecule has 0 radical (unpaired) electrons. The summed E-state index contributed by atoms with van der Waals surface area (Å²) in [6.07, 6.45) is 7.17. The van der Waals surface area contributed by atoms with Crippen LogP contribution in [0.15, 0.2) is 17.6 Å². The van der Waals surface area contributed by atoms with Crippen LogP contribution in [-0.2, 0) is 7.05 Å². The number of nitrogens with two attached hydrogens (primary N) is 1. The Bertz CT molecular complexity index is 260. The highest BCUT2D eigenvalue weighted by molar-refractivity contribution is 7.99. The van der Waals surface area contributed by atoms with Gasteiger partial charge in [0.2, 0.25) is 0 Å². The molecule has 4 heteroatoms. The van der Waals surface area contributed by atoms with Crippen LogP contribution in [-0.4, -0.2) is 21.3 Å². The second kappa shape index (κ2) is 6.09. The Balaban J connectivity index is 2.13. The molecule has 3 nitrogen and oxygen atoms in total. The van der Waals surface area contributed by atoms with Crippen LogP contribution in [0.3, 0.4) is 0 Å². The van der Waals surface area contributed by atoms with Gasteiger partial charge in [0.1, 0.15) is 0 Å². The lowest BCUT2D eigenvalue weighted by molar-refractivity contribution is 0.589. The number of imidazole rings is 1. The Morgan fingerprint density at radius 1 is 1.64 bits per heavy atom. The molecule has 0 saturated carbocycles. The third-order valence-corrected chi connectivity index (χ3v) is 3.40. The van der Waals surface area contributed by atoms with Crippen LogP contribution in [0.25, 0.3) is 0 Å². The van der Waals surface area contributed by atoms with E-state index in [0.29, 0.717) is 6.04 Å². The zero-order valence-corrected chi connectivity index (χ0v) is 9.76. The molecular weight excluding hydrogens is 194 g/mol. The van der Waals surface area contributed by atoms with Crippen LogP contribution in [0.4, 0.5) is 0 Å². The van der Waals surface area contributed by atoms with Gasteiger partial charge in [-0.1, -0.05) is 18.7 Å². The molecule has 1 aromatic rings. The second-order valence-electron chi connectivity index (χ2n) is 3.48. The normalized spacial score (nSPS) is 13.1. The Morgan fingerprint density at radius 3 is 3.00 bits per heavy atom. The van der Waals surface area contributed by atoms with Gasteiger partial charge in [0.25, 0.3) is 0 Å². The van der Waals surface area contributed by atoms with Crippen molar-refractivity contribution in [3.05, 3.63) is 12.4 Å². The highest BCUT2D eigenvalue weighted by Gasteiger charge is 2.01. The lowest BCUT2D eigenvalue weighted by Gasteiger charge is -2.07. The molecule has 2 N–H and O–H groups in total. The Kier molecular flexibility index (Phi) is 5.04. The Labute approximate surface area is 90.1 Å². The number of nitrogens with zero attached hydrogens (tertiary/aromatic N) is 2. The molecule has 1 rings (SSSR count). The predicted molar refractivity (Wildman–Crippen MR) is 61.4 cm³/mol. The number of aromatic nitrogens is 2. The van der Waals surface area contributed by atoms with E-state index in [9.17, 15) is 0 Å². The first-order valence-electron chi connectivity index (χ1n) is 5.09. The smallest absolute Gasteiger partial charge is 0.167 e. The van der Waals surface area contributed by atoms with Crippen molar-refractivity contribution in [1.82, 2.24) is 9.55 Å². The second-order valence-corrected chi connectivity index (χ2v) is 4.54. The molecule has 0 amide bonds. The monoisotopic (exact) mass is 213 g/mol. The lowest BCUT2D eigenvalue weighted by atomic mass is 10.1. The maximum absolute atomic E-state index is 5.83. The van der Waals surface area contributed by atoms with Crippen molar-refractivity contribution < 1.29 is 0 Å². The third-order valence-electron chi connectivity index (χ3n) is 2.25. The van der Waals surface area contributed by atoms with Gasteiger partial charge in [0.15, 0.2) is 5.16 Å². The molecule has 80 valence electrons. The van der Waals surface area contributed by atoms with Crippen LogP contribution in [0.2, 0.25) is 0 Å². The lowest BCUT2D eigenvalue weighted by Crippen LogP contribution is -2.18. The first-order valence-corrected chi connectivity index (χ1v) is 6.08. The zero-order valence-electron chi connectivity index (χ0n) is 8.94. The van der Waals surface area contributed by atoms with Gasteiger partial charge < -0.3 is 10.3 Å². The van der Waals surface area contributed by atoms with E-state index in [0.717, 1.165) is 23.8 Å². The van der Waals surface area contributed by atoms with Crippen LogP contribution in [0.5, 0.6) is 0 Å². The standard InChI is InChI=1S/C10H19N3S/c1-3-9(11)5-4-8-14-10-12-6-7-13(10)2/h6-7,9H,3-5,8,11H2,1-2H3. The highest BCUT2D eigenvalue weighted by Crippen LogP contribution is 2.16. The van der Waals surface area contributed by atoms with Gasteiger partial charge in [0, 0.05) is 31.2 Å². The molecular formula is C10H19N3S. The maximum Gasteiger partial charge on any atom is 0.167 e. The average molecular weight is 213 g/mol. The summed E-state index contributed by atoms with van der Waals surface area (Å²) < 4.78 is 2.05. The molecule has 0 aromatic carbocycles. The fraction of sp³-hybridized carbons (Fsp3) is 0.700. The SMILES string of the molecule is CCC(N)CCCSc1nccn1C. The van der Waals surface area contributed by atoms with Crippen molar-refractivity contribution in [3.63, 3.8) is 0 Å². The summed E-state index contributed by atoms with van der Waals surface area (Å²) in [5, 5.41) is 1.09. The van der Waals surface area contributed by atoms with Gasteiger partial charge >= 0.3 is 0 Å². The molecule has 0 aliphatic carbocycles. The molecule has 0 saturated heterocycles. The molecule has 0 aliphatic rings. The van der Waals surface area contributed by atoms with Crippen LogP contribution in [0.1, 0.15) is 26.2 Å². The van der Waals surface area contributed by atoms with E-state index in [2.05, 4.69) is 11.9 Å². The van der Waals surface area contributed by atoms with Crippen molar-refractivity contribution in [2.75, 3.05) is 5.75 Å². The van der Waals surface area contributed by atoms with Gasteiger partial charge in [-0.25, -0.2) is 4.98 Å². The highest BCUT2D eigenvalue weighted by atomic mass is 32.2. The number of hydrogen-bond acceptors (Lipinski definition) is 3. The quantitative estimate of drug-likeness (QED) is 0.581. The number of rotatable bonds is 6. The molecule has 1 unspecified atom stereocenters. The van der Waals surface area contributed by atoms with Crippen LogP contribution >= 0.6 is 11.8 Å². The van der Waals surface area contributed by atoms with Crippen molar-refractivity contribution in [2.45, 2.75) is 37.4 Å². The van der Waals surface area contributed by atoms with E-state index in [1.807, 2.05) is 24.0 Å². The average Bonchev–Trinajstić information content (AvgIpc) is 2.58. The van der Waals surface area contributed by atoms with E-state index >= 15 is 0 Å². The van der Waals surface area contributed by atoms with E-state index in [1.165, 1.54) is 6.42 Å². The number of hydrogen-bond donors (Lipinski definition) is 1. The van der Waals surface area contributed by atoms with E-state index in [1.54, 1.807) is 11.8 Å². The van der Waals surface area contributed by atoms with Gasteiger partial charge in [-0.2, -0.15) is 0 Å². The maximum atomic E-state index is 5.83. The summed E-state index contributed by atoms with van der Waals surface area (Å²) in [7, 11) is 2.02. The van der Waals surface area contributed by atoms with Crippen molar-refractivity contribution in [3.8, 4) is 0 Å². The van der Waals surface area contributed by atoms with Crippen molar-refractivity contribution in [1.29, 1.82) is 0 Å². The molecule has 1 heterocycles. The van der Waals surface area contributed by atoms with E-state index < -0.39 is 0 Å². The van der Waals surface area contributed by atoms with Crippen molar-refractivity contribution >= 4 is 11.8 Å². The molecule has 1 atom stereocenters. The Morgan fingerprint density at radius 2 is 2.43 bits per heavy atom. The van der Waals surface area contributed by atoms with Gasteiger partial charge in [-0.05, 0) is 19.3 Å². The Hall–Kier alpha value is -0.480. The molecule has 0 spiro atoms. The summed E-state index contributed by atoms with van der Waals surface area (Å²) in [4.78, 5) is 4.25. The summed E-state index contributed by atoms with van der Waals surface area (Å²) in [5.41, 5.74) is 5.83. The van der Waals surface area contributed by atoms with E-state index in [-0.39, 0.29) is 0 Å². The molecule has 1 aromatic heterocycles. The van der Waals surface area contributed by atoms with Gasteiger partial charge in [-0.15, -0.1) is 0 Å². The fourth-order valence-corrected chi connectivity index (χ4v) is 2.10. The van der Waals surface area contributed by atoms with Crippen LogP contribution < -0.4 is 5.73 Å². The van der Waals surface area contributed by atoms with E-state index in [4.69, 9.17) is 5.73 Å². The largest absolute Gasteiger partial charge is 0.329 e. The van der Waals surface area contributed by atoms with Gasteiger partial charge in [0.05, 0.1) is 0 Å². The minimum atomic E-state index is 0.372. The fourth-order valence-electron chi connectivity index (χ4n) is 1.20. The molecule has 0 fully saturated rings. The first-order chi connectivity index (χ1) is 6.74. The number of thioether (sulfide) groups is 1. The molecule has 0 bridgehead atoms. The summed E-state index contributed by atoms with van der Waals surface area (Å²) in [6, 6.07) is 0.372. The minimum absolute atomic E-state index is 0.372. The molecule has 14 heavy (non-hydrogen) atoms. The van der Waals surface area contributed by atoms with Gasteiger partial charge in [-0.3, -0.25) is 0 Å². The first kappa shape index (κ1) is 11.6. The minimum Gasteiger partial charge on any atom is -0.329 e. The zero-order chi connectivity index (χ0) is 10.4. The van der Waals surface area contributed by atoms with Crippen molar-refractivity contribution in [2.24, 2.45) is 12.8 Å². The van der Waals surface area contributed by atoms with Crippen LogP contribution in [0, 0.1) is 0 Å².